The average molecular weight is 467 g/mol. The minimum Gasteiger partial charge on any atom is -0.309 e. The van der Waals surface area contributed by atoms with E-state index in [4.69, 9.17) is 0 Å². The van der Waals surface area contributed by atoms with Crippen LogP contribution in [0, 0.1) is 0 Å². The molecule has 0 spiro atoms. The summed E-state index contributed by atoms with van der Waals surface area (Å²) in [4.78, 5) is 0.315. The van der Waals surface area contributed by atoms with Crippen LogP contribution in [-0.4, -0.2) is 31.7 Å². The molecule has 1 aliphatic heterocycles. The maximum atomic E-state index is 12.9. The predicted molar refractivity (Wildman–Crippen MR) is 133 cm³/mol. The van der Waals surface area contributed by atoms with Crippen molar-refractivity contribution in [2.24, 2.45) is 0 Å². The van der Waals surface area contributed by atoms with Crippen molar-refractivity contribution in [3.8, 4) is 11.3 Å². The molecule has 3 aromatic rings. The molecule has 176 valence electrons. The standard InChI is InChI=1S/C26H34N4O2S/c1-2-3-5-9-20-13-15-22(16-14-20)33(31,32)28-19-17-23-25(21-10-6-4-7-11-21)29-30-26(23)24-12-8-18-27-24/h4,6-7,10-11,13-16,24,27-28H,2-3,5,8-9,12,17-19H2,1H3,(H,29,30). The number of unbranched alkanes of at least 4 members (excludes halogenated alkanes) is 2. The van der Waals surface area contributed by atoms with E-state index in [-0.39, 0.29) is 6.04 Å². The number of hydrogen-bond acceptors (Lipinski definition) is 4. The summed E-state index contributed by atoms with van der Waals surface area (Å²) in [5.41, 5.74) is 5.27. The first-order chi connectivity index (χ1) is 16.1. The Labute approximate surface area is 197 Å². The van der Waals surface area contributed by atoms with Crippen LogP contribution in [0.2, 0.25) is 0 Å². The molecule has 33 heavy (non-hydrogen) atoms. The topological polar surface area (TPSA) is 86.9 Å². The third-order valence-corrected chi connectivity index (χ3v) is 7.80. The van der Waals surface area contributed by atoms with Crippen molar-refractivity contribution in [1.29, 1.82) is 0 Å². The van der Waals surface area contributed by atoms with E-state index in [2.05, 4.69) is 27.2 Å². The first-order valence-electron chi connectivity index (χ1n) is 12.0. The molecule has 0 saturated carbocycles. The molecule has 6 nitrogen and oxygen atoms in total. The first-order valence-corrected chi connectivity index (χ1v) is 13.5. The van der Waals surface area contributed by atoms with Gasteiger partial charge in [-0.15, -0.1) is 0 Å². The maximum absolute atomic E-state index is 12.9. The molecule has 4 rings (SSSR count). The van der Waals surface area contributed by atoms with Gasteiger partial charge in [-0.3, -0.25) is 5.10 Å². The molecule has 1 unspecified atom stereocenters. The first kappa shape index (κ1) is 23.7. The van der Waals surface area contributed by atoms with Crippen LogP contribution in [0.3, 0.4) is 0 Å². The van der Waals surface area contributed by atoms with Crippen molar-refractivity contribution in [3.63, 3.8) is 0 Å². The molecule has 2 heterocycles. The van der Waals surface area contributed by atoms with Crippen LogP contribution < -0.4 is 10.0 Å². The summed E-state index contributed by atoms with van der Waals surface area (Å²) < 4.78 is 28.6. The Hall–Kier alpha value is -2.48. The van der Waals surface area contributed by atoms with Gasteiger partial charge in [0.15, 0.2) is 0 Å². The molecule has 1 aliphatic rings. The smallest absolute Gasteiger partial charge is 0.240 e. The van der Waals surface area contributed by atoms with Gasteiger partial charge in [-0.25, -0.2) is 13.1 Å². The number of rotatable bonds is 11. The van der Waals surface area contributed by atoms with Crippen LogP contribution in [-0.2, 0) is 22.9 Å². The number of aromatic nitrogens is 2. The van der Waals surface area contributed by atoms with Crippen molar-refractivity contribution in [3.05, 3.63) is 71.4 Å². The van der Waals surface area contributed by atoms with Crippen molar-refractivity contribution in [1.82, 2.24) is 20.2 Å². The van der Waals surface area contributed by atoms with Gasteiger partial charge in [-0.1, -0.05) is 62.2 Å². The van der Waals surface area contributed by atoms with Gasteiger partial charge >= 0.3 is 0 Å². The molecule has 0 bridgehead atoms. The number of nitrogens with zero attached hydrogens (tertiary/aromatic N) is 1. The van der Waals surface area contributed by atoms with E-state index < -0.39 is 10.0 Å². The lowest BCUT2D eigenvalue weighted by Crippen LogP contribution is -2.26. The van der Waals surface area contributed by atoms with Gasteiger partial charge in [0, 0.05) is 23.7 Å². The van der Waals surface area contributed by atoms with Crippen LogP contribution in [0.25, 0.3) is 11.3 Å². The predicted octanol–water partition coefficient (Wildman–Crippen LogP) is 4.75. The number of sulfonamides is 1. The molecular weight excluding hydrogens is 432 g/mol. The molecule has 1 atom stereocenters. The second-order valence-corrected chi connectivity index (χ2v) is 10.5. The minimum absolute atomic E-state index is 0.238. The molecule has 0 amide bonds. The van der Waals surface area contributed by atoms with Crippen LogP contribution in [0.1, 0.15) is 61.9 Å². The number of nitrogens with one attached hydrogen (secondary N) is 3. The summed E-state index contributed by atoms with van der Waals surface area (Å²) in [6.45, 7) is 3.49. The van der Waals surface area contributed by atoms with Crippen LogP contribution in [0.15, 0.2) is 59.5 Å². The van der Waals surface area contributed by atoms with Gasteiger partial charge in [-0.2, -0.15) is 5.10 Å². The van der Waals surface area contributed by atoms with E-state index in [9.17, 15) is 8.42 Å². The zero-order chi connectivity index (χ0) is 23.1. The van der Waals surface area contributed by atoms with E-state index >= 15 is 0 Å². The van der Waals surface area contributed by atoms with Crippen LogP contribution in [0.5, 0.6) is 0 Å². The second kappa shape index (κ2) is 11.1. The highest BCUT2D eigenvalue weighted by molar-refractivity contribution is 7.89. The largest absolute Gasteiger partial charge is 0.309 e. The van der Waals surface area contributed by atoms with Crippen LogP contribution >= 0.6 is 0 Å². The summed E-state index contributed by atoms with van der Waals surface area (Å²) in [5.74, 6) is 0. The molecule has 0 aliphatic carbocycles. The summed E-state index contributed by atoms with van der Waals surface area (Å²) in [5, 5.41) is 11.4. The van der Waals surface area contributed by atoms with Gasteiger partial charge in [0.2, 0.25) is 10.0 Å². The number of aromatic amines is 1. The van der Waals surface area contributed by atoms with E-state index in [1.54, 1.807) is 12.1 Å². The molecule has 3 N–H and O–H groups in total. The molecular formula is C26H34N4O2S. The lowest BCUT2D eigenvalue weighted by molar-refractivity contribution is 0.580. The minimum atomic E-state index is -3.56. The Morgan fingerprint density at radius 3 is 2.52 bits per heavy atom. The Balaban J connectivity index is 1.45. The molecule has 7 heteroatoms. The molecule has 2 aromatic carbocycles. The van der Waals surface area contributed by atoms with E-state index in [0.717, 1.165) is 54.7 Å². The maximum Gasteiger partial charge on any atom is 0.240 e. The van der Waals surface area contributed by atoms with Crippen molar-refractivity contribution in [2.45, 2.75) is 62.8 Å². The van der Waals surface area contributed by atoms with Crippen molar-refractivity contribution < 1.29 is 8.42 Å². The van der Waals surface area contributed by atoms with Gasteiger partial charge in [-0.05, 0) is 56.3 Å². The summed E-state index contributed by atoms with van der Waals surface area (Å²) in [6.07, 6.45) is 7.25. The zero-order valence-corrected chi connectivity index (χ0v) is 20.1. The van der Waals surface area contributed by atoms with E-state index in [0.29, 0.717) is 17.9 Å². The molecule has 0 radical (unpaired) electrons. The summed E-state index contributed by atoms with van der Waals surface area (Å²) in [6, 6.07) is 17.6. The Morgan fingerprint density at radius 2 is 1.82 bits per heavy atom. The van der Waals surface area contributed by atoms with Crippen molar-refractivity contribution in [2.75, 3.05) is 13.1 Å². The number of H-pyrrole nitrogens is 1. The third-order valence-electron chi connectivity index (χ3n) is 6.32. The summed E-state index contributed by atoms with van der Waals surface area (Å²) >= 11 is 0. The summed E-state index contributed by atoms with van der Waals surface area (Å²) in [7, 11) is -3.56. The fourth-order valence-electron chi connectivity index (χ4n) is 4.49. The Bertz CT molecular complexity index is 1120. The van der Waals surface area contributed by atoms with E-state index in [1.165, 1.54) is 18.4 Å². The van der Waals surface area contributed by atoms with Gasteiger partial charge < -0.3 is 5.32 Å². The van der Waals surface area contributed by atoms with Gasteiger partial charge in [0.1, 0.15) is 0 Å². The second-order valence-electron chi connectivity index (χ2n) is 8.73. The quantitative estimate of drug-likeness (QED) is 0.356. The fourth-order valence-corrected chi connectivity index (χ4v) is 5.53. The molecule has 1 aromatic heterocycles. The van der Waals surface area contributed by atoms with Gasteiger partial charge in [0.25, 0.3) is 0 Å². The zero-order valence-electron chi connectivity index (χ0n) is 19.3. The van der Waals surface area contributed by atoms with E-state index in [1.807, 2.05) is 42.5 Å². The third kappa shape index (κ3) is 5.91. The monoisotopic (exact) mass is 466 g/mol. The Morgan fingerprint density at radius 1 is 1.03 bits per heavy atom. The number of hydrogen-bond donors (Lipinski definition) is 3. The highest BCUT2D eigenvalue weighted by Crippen LogP contribution is 2.31. The lowest BCUT2D eigenvalue weighted by atomic mass is 9.99. The fraction of sp³-hybridized carbons (Fsp3) is 0.423. The normalized spacial score (nSPS) is 16.3. The van der Waals surface area contributed by atoms with Crippen LogP contribution in [0.4, 0.5) is 0 Å². The average Bonchev–Trinajstić information content (AvgIpc) is 3.50. The molecule has 1 saturated heterocycles. The van der Waals surface area contributed by atoms with Gasteiger partial charge in [0.05, 0.1) is 16.3 Å². The molecule has 1 fully saturated rings. The lowest BCUT2D eigenvalue weighted by Gasteiger charge is -2.13. The van der Waals surface area contributed by atoms with Crippen molar-refractivity contribution >= 4 is 10.0 Å². The highest BCUT2D eigenvalue weighted by Gasteiger charge is 2.24. The SMILES string of the molecule is CCCCCc1ccc(S(=O)(=O)NCCc2c(-c3ccccc3)n[nH]c2C2CCCN2)cc1. The Kier molecular flexibility index (Phi) is 7.96. The number of aryl methyl sites for hydroxylation is 1. The highest BCUT2D eigenvalue weighted by atomic mass is 32.2. The number of benzene rings is 2.